The van der Waals surface area contributed by atoms with Crippen LogP contribution in [0.5, 0.6) is 0 Å². The summed E-state index contributed by atoms with van der Waals surface area (Å²) in [6, 6.07) is 5.52. The molecule has 2 nitrogen and oxygen atoms in total. The predicted molar refractivity (Wildman–Crippen MR) is 67.7 cm³/mol. The maximum absolute atomic E-state index is 14.0. The van der Waals surface area contributed by atoms with Gasteiger partial charge in [0.2, 0.25) is 0 Å². The molecule has 1 aliphatic heterocycles. The van der Waals surface area contributed by atoms with Crippen LogP contribution < -0.4 is 4.90 Å². The third-order valence-corrected chi connectivity index (χ3v) is 3.61. The maximum Gasteiger partial charge on any atom is 0.146 e. The highest BCUT2D eigenvalue weighted by molar-refractivity contribution is 5.51. The third kappa shape index (κ3) is 2.44. The van der Waals surface area contributed by atoms with Crippen molar-refractivity contribution in [2.24, 2.45) is 0 Å². The summed E-state index contributed by atoms with van der Waals surface area (Å²) in [6.07, 6.45) is 2.72. The summed E-state index contributed by atoms with van der Waals surface area (Å²) in [5.74, 6) is -0.219. The number of rotatable bonds is 3. The van der Waals surface area contributed by atoms with Crippen molar-refractivity contribution < 1.29 is 9.50 Å². The molecule has 2 atom stereocenters. The Bertz CT molecular complexity index is 392. The lowest BCUT2D eigenvalue weighted by atomic mass is 10.1. The van der Waals surface area contributed by atoms with Gasteiger partial charge in [0.05, 0.1) is 11.8 Å². The second-order valence-corrected chi connectivity index (χ2v) is 4.78. The Kier molecular flexibility index (Phi) is 3.67. The minimum absolute atomic E-state index is 0.219. The molecule has 1 fully saturated rings. The zero-order chi connectivity index (χ0) is 12.4. The van der Waals surface area contributed by atoms with Crippen molar-refractivity contribution in [1.29, 1.82) is 0 Å². The molecule has 1 saturated heterocycles. The molecule has 0 aromatic heterocycles. The van der Waals surface area contributed by atoms with Gasteiger partial charge < -0.3 is 10.0 Å². The molecule has 1 unspecified atom stereocenters. The molecule has 3 heteroatoms. The number of benzene rings is 1. The number of nitrogens with zero attached hydrogens (tertiary/aromatic N) is 1. The highest BCUT2D eigenvalue weighted by atomic mass is 19.1. The molecule has 0 radical (unpaired) electrons. The van der Waals surface area contributed by atoms with Gasteiger partial charge in [0.1, 0.15) is 5.82 Å². The van der Waals surface area contributed by atoms with E-state index in [1.165, 1.54) is 6.07 Å². The zero-order valence-electron chi connectivity index (χ0n) is 10.5. The highest BCUT2D eigenvalue weighted by Gasteiger charge is 2.25. The summed E-state index contributed by atoms with van der Waals surface area (Å²) in [6.45, 7) is 4.73. The maximum atomic E-state index is 14.0. The van der Waals surface area contributed by atoms with Crippen molar-refractivity contribution in [2.45, 2.75) is 45.3 Å². The molecule has 1 aliphatic rings. The largest absolute Gasteiger partial charge is 0.389 e. The summed E-state index contributed by atoms with van der Waals surface area (Å²) < 4.78 is 14.0. The van der Waals surface area contributed by atoms with Crippen molar-refractivity contribution in [2.75, 3.05) is 11.4 Å². The molecule has 0 amide bonds. The molecule has 1 aromatic rings. The van der Waals surface area contributed by atoms with Crippen LogP contribution in [0.1, 0.15) is 44.8 Å². The van der Waals surface area contributed by atoms with E-state index in [2.05, 4.69) is 11.8 Å². The molecule has 1 N–H and O–H groups in total. The summed E-state index contributed by atoms with van der Waals surface area (Å²) in [7, 11) is 0. The van der Waals surface area contributed by atoms with Gasteiger partial charge >= 0.3 is 0 Å². The van der Waals surface area contributed by atoms with E-state index >= 15 is 0 Å². The van der Waals surface area contributed by atoms with Crippen LogP contribution in [0.2, 0.25) is 0 Å². The zero-order valence-corrected chi connectivity index (χ0v) is 10.5. The SMILES string of the molecule is CCC1CCCN1c1ccc([C@H](C)O)cc1F. The van der Waals surface area contributed by atoms with Crippen LogP contribution in [0, 0.1) is 5.82 Å². The molecule has 0 bridgehead atoms. The van der Waals surface area contributed by atoms with Gasteiger partial charge in [-0.25, -0.2) is 4.39 Å². The van der Waals surface area contributed by atoms with E-state index in [4.69, 9.17) is 0 Å². The fraction of sp³-hybridized carbons (Fsp3) is 0.571. The molecular formula is C14H20FNO. The van der Waals surface area contributed by atoms with Gasteiger partial charge in [0.15, 0.2) is 0 Å². The molecule has 94 valence electrons. The number of aliphatic hydroxyl groups is 1. The van der Waals surface area contributed by atoms with Crippen molar-refractivity contribution >= 4 is 5.69 Å². The minimum atomic E-state index is -0.612. The monoisotopic (exact) mass is 237 g/mol. The van der Waals surface area contributed by atoms with Crippen molar-refractivity contribution in [3.05, 3.63) is 29.6 Å². The Morgan fingerprint density at radius 3 is 2.88 bits per heavy atom. The molecule has 2 rings (SSSR count). The van der Waals surface area contributed by atoms with Crippen LogP contribution >= 0.6 is 0 Å². The van der Waals surface area contributed by atoms with Gasteiger partial charge in [0, 0.05) is 12.6 Å². The first-order valence-electron chi connectivity index (χ1n) is 6.37. The summed E-state index contributed by atoms with van der Waals surface area (Å²) >= 11 is 0. The first-order valence-corrected chi connectivity index (χ1v) is 6.37. The number of halogens is 1. The van der Waals surface area contributed by atoms with Crippen LogP contribution in [0.25, 0.3) is 0 Å². The predicted octanol–water partition coefficient (Wildman–Crippen LogP) is 3.26. The number of hydrogen-bond acceptors (Lipinski definition) is 2. The van der Waals surface area contributed by atoms with Crippen LogP contribution in [-0.2, 0) is 0 Å². The number of anilines is 1. The van der Waals surface area contributed by atoms with E-state index in [0.29, 0.717) is 17.3 Å². The Morgan fingerprint density at radius 1 is 1.53 bits per heavy atom. The molecule has 0 spiro atoms. The van der Waals surface area contributed by atoms with E-state index < -0.39 is 6.10 Å². The quantitative estimate of drug-likeness (QED) is 0.872. The van der Waals surface area contributed by atoms with E-state index in [1.54, 1.807) is 13.0 Å². The second kappa shape index (κ2) is 5.05. The van der Waals surface area contributed by atoms with Crippen LogP contribution in [0.3, 0.4) is 0 Å². The summed E-state index contributed by atoms with van der Waals surface area (Å²) in [5, 5.41) is 9.42. The molecule has 1 aromatic carbocycles. The Balaban J connectivity index is 2.27. The minimum Gasteiger partial charge on any atom is -0.389 e. The van der Waals surface area contributed by atoms with Crippen molar-refractivity contribution in [3.63, 3.8) is 0 Å². The van der Waals surface area contributed by atoms with Crippen molar-refractivity contribution in [1.82, 2.24) is 0 Å². The van der Waals surface area contributed by atoms with Crippen LogP contribution in [0.15, 0.2) is 18.2 Å². The van der Waals surface area contributed by atoms with Gasteiger partial charge in [-0.05, 0) is 43.9 Å². The molecular weight excluding hydrogens is 217 g/mol. The lowest BCUT2D eigenvalue weighted by molar-refractivity contribution is 0.199. The lowest BCUT2D eigenvalue weighted by Gasteiger charge is -2.26. The Morgan fingerprint density at radius 2 is 2.29 bits per heavy atom. The fourth-order valence-corrected chi connectivity index (χ4v) is 2.59. The Hall–Kier alpha value is -1.09. The van der Waals surface area contributed by atoms with E-state index in [0.717, 1.165) is 25.8 Å². The average molecular weight is 237 g/mol. The van der Waals surface area contributed by atoms with Gasteiger partial charge in [-0.3, -0.25) is 0 Å². The first kappa shape index (κ1) is 12.4. The highest BCUT2D eigenvalue weighted by Crippen LogP contribution is 2.30. The van der Waals surface area contributed by atoms with Gasteiger partial charge in [-0.2, -0.15) is 0 Å². The number of aliphatic hydroxyl groups excluding tert-OH is 1. The van der Waals surface area contributed by atoms with E-state index in [1.807, 2.05) is 6.07 Å². The fourth-order valence-electron chi connectivity index (χ4n) is 2.59. The van der Waals surface area contributed by atoms with E-state index in [-0.39, 0.29) is 5.82 Å². The van der Waals surface area contributed by atoms with Crippen molar-refractivity contribution in [3.8, 4) is 0 Å². The normalized spacial score (nSPS) is 21.9. The van der Waals surface area contributed by atoms with Gasteiger partial charge in [0.25, 0.3) is 0 Å². The van der Waals surface area contributed by atoms with Crippen LogP contribution in [-0.4, -0.2) is 17.7 Å². The van der Waals surface area contributed by atoms with Gasteiger partial charge in [-0.1, -0.05) is 13.0 Å². The Labute approximate surface area is 102 Å². The molecule has 0 saturated carbocycles. The summed E-state index contributed by atoms with van der Waals surface area (Å²) in [4.78, 5) is 2.15. The van der Waals surface area contributed by atoms with Gasteiger partial charge in [-0.15, -0.1) is 0 Å². The van der Waals surface area contributed by atoms with E-state index in [9.17, 15) is 9.50 Å². The number of hydrogen-bond donors (Lipinski definition) is 1. The summed E-state index contributed by atoms with van der Waals surface area (Å²) in [5.41, 5.74) is 1.32. The standard InChI is InChI=1S/C14H20FNO/c1-3-12-5-4-8-16(12)14-7-6-11(10(2)17)9-13(14)15/h6-7,9-10,12,17H,3-5,8H2,1-2H3/t10-,12?/m0/s1. The molecule has 17 heavy (non-hydrogen) atoms. The lowest BCUT2D eigenvalue weighted by Crippen LogP contribution is -2.29. The second-order valence-electron chi connectivity index (χ2n) is 4.78. The first-order chi connectivity index (χ1) is 8.13. The van der Waals surface area contributed by atoms with Crippen LogP contribution in [0.4, 0.5) is 10.1 Å². The average Bonchev–Trinajstić information content (AvgIpc) is 2.76. The smallest absolute Gasteiger partial charge is 0.146 e. The topological polar surface area (TPSA) is 23.5 Å². The molecule has 0 aliphatic carbocycles. The molecule has 1 heterocycles. The third-order valence-electron chi connectivity index (χ3n) is 3.61.